The van der Waals surface area contributed by atoms with Crippen LogP contribution in [0, 0.1) is 0 Å². The number of hydrogen-bond acceptors (Lipinski definition) is 3. The highest BCUT2D eigenvalue weighted by Crippen LogP contribution is 1.97. The second kappa shape index (κ2) is 4.64. The Balaban J connectivity index is 2.30. The van der Waals surface area contributed by atoms with Crippen LogP contribution in [0.2, 0.25) is 0 Å². The normalized spacial score (nSPS) is 10.5. The topological polar surface area (TPSA) is 72.9 Å². The first-order valence-corrected chi connectivity index (χ1v) is 4.66. The predicted molar refractivity (Wildman–Crippen MR) is 54.5 cm³/mol. The van der Waals surface area contributed by atoms with Gasteiger partial charge in [-0.25, -0.2) is 0 Å². The quantitative estimate of drug-likeness (QED) is 0.731. The fourth-order valence-corrected chi connectivity index (χ4v) is 1.11. The molecule has 0 aromatic carbocycles. The van der Waals surface area contributed by atoms with E-state index in [2.05, 4.69) is 10.4 Å². The van der Waals surface area contributed by atoms with Crippen molar-refractivity contribution in [2.45, 2.75) is 32.9 Å². The fourth-order valence-electron chi connectivity index (χ4n) is 1.11. The Morgan fingerprint density at radius 1 is 1.71 bits per heavy atom. The summed E-state index contributed by atoms with van der Waals surface area (Å²) in [6.45, 7) is 4.43. The number of nitrogen functional groups attached to an aromatic ring is 1. The van der Waals surface area contributed by atoms with Crippen molar-refractivity contribution in [1.29, 1.82) is 0 Å². The van der Waals surface area contributed by atoms with Crippen molar-refractivity contribution >= 4 is 11.7 Å². The van der Waals surface area contributed by atoms with Gasteiger partial charge in [-0.15, -0.1) is 0 Å². The first-order valence-electron chi connectivity index (χ1n) is 4.66. The van der Waals surface area contributed by atoms with Crippen LogP contribution in [0.1, 0.15) is 20.3 Å². The highest BCUT2D eigenvalue weighted by Gasteiger charge is 2.03. The van der Waals surface area contributed by atoms with Crippen LogP contribution in [-0.2, 0) is 11.3 Å². The first-order chi connectivity index (χ1) is 6.58. The summed E-state index contributed by atoms with van der Waals surface area (Å²) in [6, 6.07) is 1.89. The number of aryl methyl sites for hydroxylation is 1. The van der Waals surface area contributed by atoms with Gasteiger partial charge in [0.05, 0.1) is 0 Å². The molecule has 0 atom stereocenters. The third-order valence-electron chi connectivity index (χ3n) is 1.68. The van der Waals surface area contributed by atoms with Crippen molar-refractivity contribution in [3.05, 3.63) is 12.3 Å². The maximum atomic E-state index is 11.3. The van der Waals surface area contributed by atoms with Gasteiger partial charge in [0.25, 0.3) is 0 Å². The summed E-state index contributed by atoms with van der Waals surface area (Å²) < 4.78 is 1.66. The van der Waals surface area contributed by atoms with E-state index >= 15 is 0 Å². The standard InChI is InChI=1S/C9H16N4O/c1-7(2)11-9(14)4-6-13-5-3-8(10)12-13/h3,5,7H,4,6H2,1-2H3,(H2,10,12)(H,11,14). The van der Waals surface area contributed by atoms with Crippen LogP contribution in [0.25, 0.3) is 0 Å². The lowest BCUT2D eigenvalue weighted by Crippen LogP contribution is -2.30. The number of nitrogens with one attached hydrogen (secondary N) is 1. The van der Waals surface area contributed by atoms with Gasteiger partial charge in [-0.1, -0.05) is 0 Å². The number of amides is 1. The molecule has 0 saturated heterocycles. The minimum absolute atomic E-state index is 0.0362. The fraction of sp³-hybridized carbons (Fsp3) is 0.556. The van der Waals surface area contributed by atoms with Crippen molar-refractivity contribution < 1.29 is 4.79 Å². The maximum Gasteiger partial charge on any atom is 0.222 e. The van der Waals surface area contributed by atoms with Crippen LogP contribution in [-0.4, -0.2) is 21.7 Å². The van der Waals surface area contributed by atoms with Crippen LogP contribution in [0.4, 0.5) is 5.82 Å². The Morgan fingerprint density at radius 3 is 2.93 bits per heavy atom. The number of rotatable bonds is 4. The summed E-state index contributed by atoms with van der Waals surface area (Å²) in [5.74, 6) is 0.517. The summed E-state index contributed by atoms with van der Waals surface area (Å²) in [6.07, 6.45) is 2.19. The molecule has 1 amide bonds. The summed E-state index contributed by atoms with van der Waals surface area (Å²) in [4.78, 5) is 11.3. The zero-order valence-electron chi connectivity index (χ0n) is 8.53. The Kier molecular flexibility index (Phi) is 3.50. The van der Waals surface area contributed by atoms with Crippen molar-refractivity contribution in [1.82, 2.24) is 15.1 Å². The molecule has 1 aromatic rings. The largest absolute Gasteiger partial charge is 0.382 e. The molecule has 0 saturated carbocycles. The molecule has 5 nitrogen and oxygen atoms in total. The molecule has 1 rings (SSSR count). The van der Waals surface area contributed by atoms with Crippen molar-refractivity contribution in [3.8, 4) is 0 Å². The lowest BCUT2D eigenvalue weighted by atomic mass is 10.3. The second-order valence-electron chi connectivity index (χ2n) is 3.48. The molecule has 0 spiro atoms. The van der Waals surface area contributed by atoms with E-state index in [0.717, 1.165) is 0 Å². The van der Waals surface area contributed by atoms with E-state index in [1.54, 1.807) is 16.9 Å². The van der Waals surface area contributed by atoms with Crippen molar-refractivity contribution in [2.24, 2.45) is 0 Å². The van der Waals surface area contributed by atoms with Gasteiger partial charge < -0.3 is 11.1 Å². The van der Waals surface area contributed by atoms with Crippen molar-refractivity contribution in [3.63, 3.8) is 0 Å². The van der Waals surface area contributed by atoms with Gasteiger partial charge in [-0.05, 0) is 19.9 Å². The van der Waals surface area contributed by atoms with E-state index in [1.165, 1.54) is 0 Å². The molecule has 0 aliphatic carbocycles. The molecule has 0 aliphatic heterocycles. The van der Waals surface area contributed by atoms with E-state index in [9.17, 15) is 4.79 Å². The maximum absolute atomic E-state index is 11.3. The van der Waals surface area contributed by atoms with Gasteiger partial charge in [-0.2, -0.15) is 5.10 Å². The minimum Gasteiger partial charge on any atom is -0.382 e. The van der Waals surface area contributed by atoms with Gasteiger partial charge in [0.15, 0.2) is 0 Å². The van der Waals surface area contributed by atoms with E-state index in [1.807, 2.05) is 13.8 Å². The molecule has 0 radical (unpaired) electrons. The van der Waals surface area contributed by atoms with E-state index < -0.39 is 0 Å². The summed E-state index contributed by atoms with van der Waals surface area (Å²) >= 11 is 0. The highest BCUT2D eigenvalue weighted by molar-refractivity contribution is 5.76. The van der Waals surface area contributed by atoms with Crippen LogP contribution in [0.15, 0.2) is 12.3 Å². The number of anilines is 1. The first kappa shape index (κ1) is 10.6. The van der Waals surface area contributed by atoms with E-state index in [4.69, 9.17) is 5.73 Å². The number of nitrogens with two attached hydrogens (primary N) is 1. The molecule has 3 N–H and O–H groups in total. The molecule has 5 heteroatoms. The molecular weight excluding hydrogens is 180 g/mol. The van der Waals surface area contributed by atoms with E-state index in [-0.39, 0.29) is 11.9 Å². The molecule has 0 bridgehead atoms. The summed E-state index contributed by atoms with van der Waals surface area (Å²) in [5.41, 5.74) is 5.43. The van der Waals surface area contributed by atoms with Gasteiger partial charge in [0.2, 0.25) is 5.91 Å². The third-order valence-corrected chi connectivity index (χ3v) is 1.68. The van der Waals surface area contributed by atoms with Crippen LogP contribution in [0.5, 0.6) is 0 Å². The molecule has 1 heterocycles. The number of carbonyl (C=O) groups excluding carboxylic acids is 1. The Hall–Kier alpha value is -1.52. The molecule has 0 fully saturated rings. The zero-order valence-corrected chi connectivity index (χ0v) is 8.53. The van der Waals surface area contributed by atoms with Crippen molar-refractivity contribution in [2.75, 3.05) is 5.73 Å². The van der Waals surface area contributed by atoms with Gasteiger partial charge in [0.1, 0.15) is 5.82 Å². The minimum atomic E-state index is 0.0362. The second-order valence-corrected chi connectivity index (χ2v) is 3.48. The van der Waals surface area contributed by atoms with Gasteiger partial charge >= 0.3 is 0 Å². The van der Waals surface area contributed by atoms with Crippen LogP contribution < -0.4 is 11.1 Å². The van der Waals surface area contributed by atoms with E-state index in [0.29, 0.717) is 18.8 Å². The third kappa shape index (κ3) is 3.47. The lowest BCUT2D eigenvalue weighted by Gasteiger charge is -2.07. The monoisotopic (exact) mass is 196 g/mol. The van der Waals surface area contributed by atoms with Crippen LogP contribution in [0.3, 0.4) is 0 Å². The number of aromatic nitrogens is 2. The average Bonchev–Trinajstić information content (AvgIpc) is 2.47. The molecular formula is C9H16N4O. The Labute approximate surface area is 83.3 Å². The SMILES string of the molecule is CC(C)NC(=O)CCn1ccc(N)n1. The Bertz CT molecular complexity index is 306. The lowest BCUT2D eigenvalue weighted by molar-refractivity contribution is -0.121. The molecule has 0 aliphatic rings. The molecule has 1 aromatic heterocycles. The summed E-state index contributed by atoms with van der Waals surface area (Å²) in [7, 11) is 0. The molecule has 14 heavy (non-hydrogen) atoms. The van der Waals surface area contributed by atoms with Gasteiger partial charge in [0, 0.05) is 25.2 Å². The van der Waals surface area contributed by atoms with Crippen LogP contribution >= 0.6 is 0 Å². The Morgan fingerprint density at radius 2 is 2.43 bits per heavy atom. The molecule has 0 unspecified atom stereocenters. The predicted octanol–water partition coefficient (Wildman–Crippen LogP) is 0.380. The summed E-state index contributed by atoms with van der Waals surface area (Å²) in [5, 5.41) is 6.78. The average molecular weight is 196 g/mol. The number of nitrogens with zero attached hydrogens (tertiary/aromatic N) is 2. The highest BCUT2D eigenvalue weighted by atomic mass is 16.1. The molecule has 78 valence electrons. The number of carbonyl (C=O) groups is 1. The zero-order chi connectivity index (χ0) is 10.6. The number of hydrogen-bond donors (Lipinski definition) is 2. The smallest absolute Gasteiger partial charge is 0.222 e. The van der Waals surface area contributed by atoms with Gasteiger partial charge in [-0.3, -0.25) is 9.48 Å².